The Morgan fingerprint density at radius 3 is 2.64 bits per heavy atom. The van der Waals surface area contributed by atoms with Crippen LogP contribution in [0.25, 0.3) is 0 Å². The third kappa shape index (κ3) is 5.38. The number of benzene rings is 1. The predicted molar refractivity (Wildman–Crippen MR) is 89.9 cm³/mol. The normalized spacial score (nSPS) is 10.0. The van der Waals surface area contributed by atoms with Gasteiger partial charge in [0.15, 0.2) is 12.3 Å². The summed E-state index contributed by atoms with van der Waals surface area (Å²) in [6.07, 6.45) is 3.99. The van der Waals surface area contributed by atoms with Crippen molar-refractivity contribution >= 4 is 23.5 Å². The van der Waals surface area contributed by atoms with Crippen LogP contribution in [0, 0.1) is 13.8 Å². The Hall–Kier alpha value is -3.29. The number of amides is 2. The van der Waals surface area contributed by atoms with E-state index < -0.39 is 18.5 Å². The number of aromatic nitrogens is 2. The molecule has 1 heterocycles. The fourth-order valence-electron chi connectivity index (χ4n) is 1.92. The van der Waals surface area contributed by atoms with E-state index in [1.54, 1.807) is 6.07 Å². The van der Waals surface area contributed by atoms with Crippen molar-refractivity contribution in [1.82, 2.24) is 15.3 Å². The summed E-state index contributed by atoms with van der Waals surface area (Å²) < 4.78 is 4.79. The zero-order valence-corrected chi connectivity index (χ0v) is 13.9. The van der Waals surface area contributed by atoms with Gasteiger partial charge in [-0.25, -0.2) is 9.78 Å². The van der Waals surface area contributed by atoms with E-state index in [1.165, 1.54) is 18.6 Å². The van der Waals surface area contributed by atoms with Crippen molar-refractivity contribution in [2.24, 2.45) is 0 Å². The molecule has 2 amide bonds. The van der Waals surface area contributed by atoms with Crippen molar-refractivity contribution in [3.63, 3.8) is 0 Å². The smallest absolute Gasteiger partial charge is 0.359 e. The maximum atomic E-state index is 11.9. The van der Waals surface area contributed by atoms with Crippen LogP contribution in [0.4, 0.5) is 5.69 Å². The van der Waals surface area contributed by atoms with E-state index >= 15 is 0 Å². The van der Waals surface area contributed by atoms with Crippen LogP contribution in [0.5, 0.6) is 0 Å². The summed E-state index contributed by atoms with van der Waals surface area (Å²) in [6.45, 7) is 3.11. The molecular formula is C17H18N4O4. The molecule has 130 valence electrons. The standard InChI is InChI=1S/C17H18N4O4/c1-11-4-3-5-13(12(11)2)21-15(22)9-20-16(23)10-25-17(24)14-8-18-6-7-19-14/h3-8H,9-10H2,1-2H3,(H,20,23)(H,21,22). The maximum Gasteiger partial charge on any atom is 0.359 e. The number of hydrogen-bond donors (Lipinski definition) is 2. The monoisotopic (exact) mass is 342 g/mol. The number of carbonyl (C=O) groups excluding carboxylic acids is 3. The van der Waals surface area contributed by atoms with Crippen LogP contribution in [0.2, 0.25) is 0 Å². The first-order chi connectivity index (χ1) is 12.0. The molecular weight excluding hydrogens is 324 g/mol. The Morgan fingerprint density at radius 1 is 1.12 bits per heavy atom. The van der Waals surface area contributed by atoms with E-state index in [-0.39, 0.29) is 18.1 Å². The lowest BCUT2D eigenvalue weighted by atomic mass is 10.1. The molecule has 0 saturated carbocycles. The third-order valence-electron chi connectivity index (χ3n) is 3.43. The summed E-state index contributed by atoms with van der Waals surface area (Å²) in [6, 6.07) is 5.56. The molecule has 8 nitrogen and oxygen atoms in total. The van der Waals surface area contributed by atoms with Gasteiger partial charge in [0, 0.05) is 18.1 Å². The zero-order valence-electron chi connectivity index (χ0n) is 13.9. The molecule has 0 aliphatic heterocycles. The van der Waals surface area contributed by atoms with Crippen molar-refractivity contribution in [1.29, 1.82) is 0 Å². The number of hydrogen-bond acceptors (Lipinski definition) is 6. The van der Waals surface area contributed by atoms with Crippen LogP contribution >= 0.6 is 0 Å². The van der Waals surface area contributed by atoms with Crippen LogP contribution < -0.4 is 10.6 Å². The number of carbonyl (C=O) groups is 3. The Labute approximate surface area is 144 Å². The Balaban J connectivity index is 1.75. The van der Waals surface area contributed by atoms with Gasteiger partial charge in [-0.15, -0.1) is 0 Å². The van der Waals surface area contributed by atoms with Gasteiger partial charge in [0.2, 0.25) is 5.91 Å². The van der Waals surface area contributed by atoms with Crippen LogP contribution in [-0.2, 0) is 14.3 Å². The van der Waals surface area contributed by atoms with Gasteiger partial charge in [0.25, 0.3) is 5.91 Å². The quantitative estimate of drug-likeness (QED) is 0.758. The number of rotatable bonds is 6. The number of nitrogens with one attached hydrogen (secondary N) is 2. The largest absolute Gasteiger partial charge is 0.451 e. The second-order valence-electron chi connectivity index (χ2n) is 5.24. The van der Waals surface area contributed by atoms with Crippen molar-refractivity contribution in [2.75, 3.05) is 18.5 Å². The Kier molecular flexibility index (Phi) is 6.16. The van der Waals surface area contributed by atoms with Crippen molar-refractivity contribution in [2.45, 2.75) is 13.8 Å². The minimum absolute atomic E-state index is 0.00275. The molecule has 0 bridgehead atoms. The van der Waals surface area contributed by atoms with Crippen LogP contribution in [-0.4, -0.2) is 40.9 Å². The minimum Gasteiger partial charge on any atom is -0.451 e. The summed E-state index contributed by atoms with van der Waals surface area (Å²) in [4.78, 5) is 42.6. The highest BCUT2D eigenvalue weighted by atomic mass is 16.5. The van der Waals surface area contributed by atoms with Crippen LogP contribution in [0.1, 0.15) is 21.6 Å². The lowest BCUT2D eigenvalue weighted by Crippen LogP contribution is -2.35. The first-order valence-corrected chi connectivity index (χ1v) is 7.53. The van der Waals surface area contributed by atoms with E-state index in [0.29, 0.717) is 5.69 Å². The average Bonchev–Trinajstić information content (AvgIpc) is 2.62. The molecule has 0 radical (unpaired) electrons. The number of esters is 1. The molecule has 0 spiro atoms. The topological polar surface area (TPSA) is 110 Å². The molecule has 0 unspecified atom stereocenters. The van der Waals surface area contributed by atoms with Gasteiger partial charge in [0.05, 0.1) is 12.7 Å². The van der Waals surface area contributed by atoms with Crippen molar-refractivity contribution < 1.29 is 19.1 Å². The van der Waals surface area contributed by atoms with Gasteiger partial charge in [0.1, 0.15) is 0 Å². The number of aryl methyl sites for hydroxylation is 1. The zero-order chi connectivity index (χ0) is 18.2. The van der Waals surface area contributed by atoms with Crippen LogP contribution in [0.3, 0.4) is 0 Å². The Bertz CT molecular complexity index is 777. The second-order valence-corrected chi connectivity index (χ2v) is 5.24. The molecule has 0 fully saturated rings. The fourth-order valence-corrected chi connectivity index (χ4v) is 1.92. The van der Waals surface area contributed by atoms with E-state index in [4.69, 9.17) is 4.74 Å². The molecule has 2 N–H and O–H groups in total. The summed E-state index contributed by atoms with van der Waals surface area (Å²) in [7, 11) is 0. The molecule has 8 heteroatoms. The summed E-state index contributed by atoms with van der Waals surface area (Å²) in [5.41, 5.74) is 2.70. The van der Waals surface area contributed by atoms with Crippen LogP contribution in [0.15, 0.2) is 36.8 Å². The van der Waals surface area contributed by atoms with Gasteiger partial charge >= 0.3 is 5.97 Å². The summed E-state index contributed by atoms with van der Waals surface area (Å²) in [5, 5.41) is 5.10. The number of ether oxygens (including phenoxy) is 1. The van der Waals surface area contributed by atoms with Crippen molar-refractivity contribution in [3.8, 4) is 0 Å². The van der Waals surface area contributed by atoms with E-state index in [2.05, 4.69) is 20.6 Å². The fraction of sp³-hybridized carbons (Fsp3) is 0.235. The SMILES string of the molecule is Cc1cccc(NC(=O)CNC(=O)COC(=O)c2cnccn2)c1C. The van der Waals surface area contributed by atoms with Gasteiger partial charge in [-0.2, -0.15) is 0 Å². The highest BCUT2D eigenvalue weighted by Crippen LogP contribution is 2.17. The maximum absolute atomic E-state index is 11.9. The second kappa shape index (κ2) is 8.53. The molecule has 1 aromatic heterocycles. The molecule has 1 aromatic carbocycles. The molecule has 0 atom stereocenters. The van der Waals surface area contributed by atoms with Crippen molar-refractivity contribution in [3.05, 3.63) is 53.6 Å². The molecule has 25 heavy (non-hydrogen) atoms. The molecule has 0 saturated heterocycles. The van der Waals surface area contributed by atoms with Gasteiger partial charge in [-0.05, 0) is 31.0 Å². The lowest BCUT2D eigenvalue weighted by Gasteiger charge is -2.11. The van der Waals surface area contributed by atoms with E-state index in [0.717, 1.165) is 11.1 Å². The van der Waals surface area contributed by atoms with Gasteiger partial charge < -0.3 is 15.4 Å². The minimum atomic E-state index is -0.761. The summed E-state index contributed by atoms with van der Waals surface area (Å²) >= 11 is 0. The first-order valence-electron chi connectivity index (χ1n) is 7.53. The molecule has 0 aliphatic rings. The first kappa shape index (κ1) is 18.1. The summed E-state index contributed by atoms with van der Waals surface area (Å²) in [5.74, 6) is -1.72. The van der Waals surface area contributed by atoms with Gasteiger partial charge in [-0.1, -0.05) is 12.1 Å². The number of nitrogens with zero attached hydrogens (tertiary/aromatic N) is 2. The van der Waals surface area contributed by atoms with Gasteiger partial charge in [-0.3, -0.25) is 14.6 Å². The molecule has 2 aromatic rings. The van der Waals surface area contributed by atoms with E-state index in [9.17, 15) is 14.4 Å². The Morgan fingerprint density at radius 2 is 1.92 bits per heavy atom. The molecule has 0 aliphatic carbocycles. The molecule has 2 rings (SSSR count). The number of anilines is 1. The lowest BCUT2D eigenvalue weighted by molar-refractivity contribution is -0.126. The highest BCUT2D eigenvalue weighted by Gasteiger charge is 2.12. The highest BCUT2D eigenvalue weighted by molar-refractivity contribution is 5.95. The predicted octanol–water partition coefficient (Wildman–Crippen LogP) is 1.01. The third-order valence-corrected chi connectivity index (χ3v) is 3.43. The average molecular weight is 342 g/mol. The van der Waals surface area contributed by atoms with E-state index in [1.807, 2.05) is 26.0 Å².